The Kier molecular flexibility index (Phi) is 4.94. The topological polar surface area (TPSA) is 66.4 Å². The van der Waals surface area contributed by atoms with Crippen molar-refractivity contribution < 1.29 is 19.1 Å². The molecule has 0 bridgehead atoms. The zero-order valence-electron chi connectivity index (χ0n) is 12.0. The molecule has 0 aromatic heterocycles. The first-order chi connectivity index (χ1) is 9.95. The summed E-state index contributed by atoms with van der Waals surface area (Å²) < 4.78 is 13.2. The second-order valence-corrected chi connectivity index (χ2v) is 5.80. The van der Waals surface area contributed by atoms with Gasteiger partial charge >= 0.3 is 5.97 Å². The van der Waals surface area contributed by atoms with E-state index in [2.05, 4.69) is 5.32 Å². The Morgan fingerprint density at radius 2 is 2.14 bits per heavy atom. The summed E-state index contributed by atoms with van der Waals surface area (Å²) >= 11 is 0. The van der Waals surface area contributed by atoms with Crippen molar-refractivity contribution in [1.29, 1.82) is 0 Å². The van der Waals surface area contributed by atoms with Crippen LogP contribution < -0.4 is 5.32 Å². The maximum absolute atomic E-state index is 13.2. The van der Waals surface area contributed by atoms with Crippen LogP contribution >= 0.6 is 0 Å². The summed E-state index contributed by atoms with van der Waals surface area (Å²) in [7, 11) is 0. The van der Waals surface area contributed by atoms with E-state index >= 15 is 0 Å². The Hall–Kier alpha value is -1.91. The lowest BCUT2D eigenvalue weighted by atomic mass is 9.97. The summed E-state index contributed by atoms with van der Waals surface area (Å²) in [6.45, 7) is 1.82. The average molecular weight is 293 g/mol. The van der Waals surface area contributed by atoms with E-state index in [1.807, 2.05) is 6.92 Å². The predicted octanol–water partition coefficient (Wildman–Crippen LogP) is 2.69. The minimum atomic E-state index is -0.992. The average Bonchev–Trinajstić information content (AvgIpc) is 3.21. The van der Waals surface area contributed by atoms with Crippen molar-refractivity contribution in [3.8, 4) is 0 Å². The fourth-order valence-corrected chi connectivity index (χ4v) is 2.37. The molecule has 1 amide bonds. The molecule has 4 nitrogen and oxygen atoms in total. The van der Waals surface area contributed by atoms with E-state index in [9.17, 15) is 14.0 Å². The van der Waals surface area contributed by atoms with Crippen LogP contribution in [0.2, 0.25) is 0 Å². The quantitative estimate of drug-likeness (QED) is 0.812. The number of hydrogen-bond donors (Lipinski definition) is 2. The number of aliphatic carboxylic acids is 1. The molecule has 5 heteroatoms. The van der Waals surface area contributed by atoms with Gasteiger partial charge in [0.1, 0.15) is 11.9 Å². The molecule has 0 saturated heterocycles. The lowest BCUT2D eigenvalue weighted by Crippen LogP contribution is -2.41. The molecule has 2 N–H and O–H groups in total. The van der Waals surface area contributed by atoms with Crippen LogP contribution in [0, 0.1) is 11.7 Å². The normalized spacial score (nSPS) is 17.0. The van der Waals surface area contributed by atoms with Gasteiger partial charge in [-0.2, -0.15) is 0 Å². The number of hydrogen-bond acceptors (Lipinski definition) is 2. The minimum absolute atomic E-state index is 0.151. The largest absolute Gasteiger partial charge is 0.480 e. The van der Waals surface area contributed by atoms with Crippen molar-refractivity contribution >= 4 is 11.9 Å². The van der Waals surface area contributed by atoms with Crippen molar-refractivity contribution in [2.24, 2.45) is 5.92 Å². The third-order valence-electron chi connectivity index (χ3n) is 3.81. The molecule has 0 radical (unpaired) electrons. The zero-order chi connectivity index (χ0) is 15.4. The third-order valence-corrected chi connectivity index (χ3v) is 3.81. The predicted molar refractivity (Wildman–Crippen MR) is 76.3 cm³/mol. The van der Waals surface area contributed by atoms with Gasteiger partial charge in [0.25, 0.3) is 0 Å². The number of nitrogens with one attached hydrogen (secondary N) is 1. The van der Waals surface area contributed by atoms with Crippen LogP contribution in [-0.2, 0) is 9.59 Å². The number of amides is 1. The van der Waals surface area contributed by atoms with E-state index in [1.165, 1.54) is 12.1 Å². The summed E-state index contributed by atoms with van der Waals surface area (Å²) in [5, 5.41) is 11.7. The van der Waals surface area contributed by atoms with E-state index in [0.29, 0.717) is 12.3 Å². The Bertz CT molecular complexity index is 528. The molecule has 1 aromatic carbocycles. The van der Waals surface area contributed by atoms with Gasteiger partial charge in [-0.3, -0.25) is 4.79 Å². The summed E-state index contributed by atoms with van der Waals surface area (Å²) in [4.78, 5) is 23.1. The van der Waals surface area contributed by atoms with Gasteiger partial charge in [0.05, 0.1) is 0 Å². The van der Waals surface area contributed by atoms with E-state index in [-0.39, 0.29) is 24.1 Å². The molecular weight excluding hydrogens is 273 g/mol. The van der Waals surface area contributed by atoms with E-state index < -0.39 is 12.0 Å². The molecule has 114 valence electrons. The monoisotopic (exact) mass is 293 g/mol. The number of halogens is 1. The third kappa shape index (κ3) is 4.85. The lowest BCUT2D eigenvalue weighted by Gasteiger charge is -2.16. The number of benzene rings is 1. The van der Waals surface area contributed by atoms with E-state index in [1.54, 1.807) is 12.1 Å². The summed E-state index contributed by atoms with van der Waals surface area (Å²) in [5.41, 5.74) is 0.735. The van der Waals surface area contributed by atoms with Gasteiger partial charge < -0.3 is 10.4 Å². The van der Waals surface area contributed by atoms with Crippen LogP contribution in [0.4, 0.5) is 4.39 Å². The first kappa shape index (κ1) is 15.5. The highest BCUT2D eigenvalue weighted by Gasteiger charge is 2.30. The molecule has 0 spiro atoms. The van der Waals surface area contributed by atoms with Crippen LogP contribution in [0.1, 0.15) is 44.1 Å². The van der Waals surface area contributed by atoms with Gasteiger partial charge in [-0.15, -0.1) is 0 Å². The van der Waals surface area contributed by atoms with Gasteiger partial charge in [-0.1, -0.05) is 31.9 Å². The van der Waals surface area contributed by atoms with Crippen molar-refractivity contribution in [3.05, 3.63) is 35.6 Å². The maximum atomic E-state index is 13.2. The van der Waals surface area contributed by atoms with Crippen molar-refractivity contribution in [2.75, 3.05) is 0 Å². The fraction of sp³-hybridized carbons (Fsp3) is 0.500. The van der Waals surface area contributed by atoms with Gasteiger partial charge in [0.15, 0.2) is 0 Å². The van der Waals surface area contributed by atoms with Crippen molar-refractivity contribution in [1.82, 2.24) is 5.32 Å². The fourth-order valence-electron chi connectivity index (χ4n) is 2.37. The molecular formula is C16H20FNO3. The molecule has 2 atom stereocenters. The number of carboxylic acids is 1. The molecule has 1 aliphatic carbocycles. The maximum Gasteiger partial charge on any atom is 0.326 e. The summed E-state index contributed by atoms with van der Waals surface area (Å²) in [6, 6.07) is 5.31. The Balaban J connectivity index is 1.88. The van der Waals surface area contributed by atoms with Crippen LogP contribution in [0.15, 0.2) is 24.3 Å². The number of carbonyl (C=O) groups is 2. The number of carbonyl (C=O) groups excluding carboxylic acids is 1. The molecule has 21 heavy (non-hydrogen) atoms. The molecule has 0 heterocycles. The Morgan fingerprint density at radius 1 is 1.43 bits per heavy atom. The first-order valence-electron chi connectivity index (χ1n) is 7.23. The second-order valence-electron chi connectivity index (χ2n) is 5.80. The minimum Gasteiger partial charge on any atom is -0.480 e. The molecule has 2 unspecified atom stereocenters. The van der Waals surface area contributed by atoms with Crippen LogP contribution in [0.25, 0.3) is 0 Å². The molecule has 1 fully saturated rings. The first-order valence-corrected chi connectivity index (χ1v) is 7.23. The molecule has 1 saturated carbocycles. The van der Waals surface area contributed by atoms with Gasteiger partial charge in [0, 0.05) is 6.42 Å². The highest BCUT2D eigenvalue weighted by atomic mass is 19.1. The van der Waals surface area contributed by atoms with Crippen molar-refractivity contribution in [2.45, 2.75) is 44.6 Å². The second kappa shape index (κ2) is 6.70. The standard InChI is InChI=1S/C16H20FNO3/c1-10(12-3-2-4-13(17)9-12)7-15(19)18-14(16(20)21)8-11-5-6-11/h2-4,9-11,14H,5-8H2,1H3,(H,18,19)(H,20,21). The highest BCUT2D eigenvalue weighted by Crippen LogP contribution is 2.33. The lowest BCUT2D eigenvalue weighted by molar-refractivity contribution is -0.142. The number of rotatable bonds is 7. The molecule has 1 aromatic rings. The number of carboxylic acid groups (broad SMARTS) is 1. The van der Waals surface area contributed by atoms with E-state index in [4.69, 9.17) is 5.11 Å². The van der Waals surface area contributed by atoms with Gasteiger partial charge in [0.2, 0.25) is 5.91 Å². The molecule has 0 aliphatic heterocycles. The van der Waals surface area contributed by atoms with Gasteiger partial charge in [-0.25, -0.2) is 9.18 Å². The molecule has 2 rings (SSSR count). The zero-order valence-corrected chi connectivity index (χ0v) is 12.0. The SMILES string of the molecule is CC(CC(=O)NC(CC1CC1)C(=O)O)c1cccc(F)c1. The van der Waals surface area contributed by atoms with E-state index in [0.717, 1.165) is 18.4 Å². The smallest absolute Gasteiger partial charge is 0.326 e. The Morgan fingerprint density at radius 3 is 2.71 bits per heavy atom. The molecule has 1 aliphatic rings. The summed E-state index contributed by atoms with van der Waals surface area (Å²) in [6.07, 6.45) is 2.73. The summed E-state index contributed by atoms with van der Waals surface area (Å²) in [5.74, 6) is -1.37. The van der Waals surface area contributed by atoms with Crippen molar-refractivity contribution in [3.63, 3.8) is 0 Å². The Labute approximate surface area is 123 Å². The highest BCUT2D eigenvalue weighted by molar-refractivity contribution is 5.83. The van der Waals surface area contributed by atoms with Gasteiger partial charge in [-0.05, 0) is 36.0 Å². The van der Waals surface area contributed by atoms with Crippen LogP contribution in [-0.4, -0.2) is 23.0 Å². The van der Waals surface area contributed by atoms with Crippen LogP contribution in [0.3, 0.4) is 0 Å². The van der Waals surface area contributed by atoms with Crippen LogP contribution in [0.5, 0.6) is 0 Å².